The number of allylic oxidation sites excluding steroid dienone is 3. The monoisotopic (exact) mass is 430 g/mol. The number of ether oxygens (including phenoxy) is 1. The van der Waals surface area contributed by atoms with Crippen LogP contribution in [0.25, 0.3) is 0 Å². The third-order valence-corrected chi connectivity index (χ3v) is 6.04. The van der Waals surface area contributed by atoms with E-state index in [1.807, 2.05) is 36.1 Å². The number of hydrogen-bond donors (Lipinski definition) is 1. The highest BCUT2D eigenvalue weighted by atomic mass is 79.9. The lowest BCUT2D eigenvalue weighted by molar-refractivity contribution is -0.131. The standard InChI is InChI=1S/C21H23BrN2O3/c1-13-18(21(26)24-9-11-27-12-10-24)19(14-5-7-15(22)8-6-14)20-16(23-13)3-2-4-17(20)25/h5-8,19,23H,2-4,9-12H2,1H3/t19-/m0/s1. The van der Waals surface area contributed by atoms with E-state index in [0.29, 0.717) is 38.3 Å². The van der Waals surface area contributed by atoms with Gasteiger partial charge in [-0.3, -0.25) is 9.59 Å². The van der Waals surface area contributed by atoms with Crippen LogP contribution in [0.5, 0.6) is 0 Å². The first-order valence-electron chi connectivity index (χ1n) is 9.43. The minimum absolute atomic E-state index is 0.00106. The highest BCUT2D eigenvalue weighted by molar-refractivity contribution is 9.10. The van der Waals surface area contributed by atoms with Crippen molar-refractivity contribution < 1.29 is 14.3 Å². The molecule has 3 aliphatic rings. The van der Waals surface area contributed by atoms with Gasteiger partial charge in [-0.15, -0.1) is 0 Å². The molecule has 0 spiro atoms. The Morgan fingerprint density at radius 2 is 1.89 bits per heavy atom. The molecule has 142 valence electrons. The van der Waals surface area contributed by atoms with Crippen molar-refractivity contribution in [2.24, 2.45) is 0 Å². The first kappa shape index (κ1) is 18.4. The van der Waals surface area contributed by atoms with Gasteiger partial charge >= 0.3 is 0 Å². The topological polar surface area (TPSA) is 58.6 Å². The normalized spacial score (nSPS) is 23.3. The van der Waals surface area contributed by atoms with Crippen LogP contribution in [0.15, 0.2) is 51.3 Å². The van der Waals surface area contributed by atoms with Crippen molar-refractivity contribution in [1.82, 2.24) is 10.2 Å². The van der Waals surface area contributed by atoms with Crippen LogP contribution in [0.1, 0.15) is 37.7 Å². The summed E-state index contributed by atoms with van der Waals surface area (Å²) in [5.41, 5.74) is 4.28. The number of nitrogens with zero attached hydrogens (tertiary/aromatic N) is 1. The van der Waals surface area contributed by atoms with Gasteiger partial charge in [-0.2, -0.15) is 0 Å². The van der Waals surface area contributed by atoms with Crippen LogP contribution in [0.4, 0.5) is 0 Å². The van der Waals surface area contributed by atoms with Gasteiger partial charge in [0.25, 0.3) is 5.91 Å². The summed E-state index contributed by atoms with van der Waals surface area (Å²) >= 11 is 3.48. The van der Waals surface area contributed by atoms with Crippen LogP contribution in [0, 0.1) is 0 Å². The van der Waals surface area contributed by atoms with Crippen LogP contribution in [0.3, 0.4) is 0 Å². The van der Waals surface area contributed by atoms with Crippen molar-refractivity contribution in [2.45, 2.75) is 32.1 Å². The average Bonchev–Trinajstić information content (AvgIpc) is 2.68. The van der Waals surface area contributed by atoms with Crippen molar-refractivity contribution in [2.75, 3.05) is 26.3 Å². The van der Waals surface area contributed by atoms with Crippen molar-refractivity contribution in [3.63, 3.8) is 0 Å². The van der Waals surface area contributed by atoms with Crippen LogP contribution in [-0.4, -0.2) is 42.9 Å². The van der Waals surface area contributed by atoms with Crippen LogP contribution >= 0.6 is 15.9 Å². The summed E-state index contributed by atoms with van der Waals surface area (Å²) in [5, 5.41) is 3.38. The number of dihydropyridines is 1. The molecule has 1 atom stereocenters. The SMILES string of the molecule is CC1=C(C(=O)N2CCOCC2)[C@H](c2ccc(Br)cc2)C2=C(CCCC2=O)N1. The minimum Gasteiger partial charge on any atom is -0.378 e. The summed E-state index contributed by atoms with van der Waals surface area (Å²) in [6, 6.07) is 7.95. The molecule has 0 unspecified atom stereocenters. The molecule has 4 rings (SSSR count). The van der Waals surface area contributed by atoms with Crippen LogP contribution in [-0.2, 0) is 14.3 Å². The second-order valence-electron chi connectivity index (χ2n) is 7.22. The minimum atomic E-state index is -0.308. The maximum Gasteiger partial charge on any atom is 0.252 e. The molecule has 2 aliphatic heterocycles. The number of rotatable bonds is 2. The van der Waals surface area contributed by atoms with Crippen molar-refractivity contribution in [3.8, 4) is 0 Å². The molecule has 1 aromatic carbocycles. The zero-order valence-electron chi connectivity index (χ0n) is 15.4. The zero-order chi connectivity index (χ0) is 19.0. The number of nitrogens with one attached hydrogen (secondary N) is 1. The molecule has 1 fully saturated rings. The summed E-state index contributed by atoms with van der Waals surface area (Å²) in [6.07, 6.45) is 2.26. The molecule has 27 heavy (non-hydrogen) atoms. The quantitative estimate of drug-likeness (QED) is 0.781. The largest absolute Gasteiger partial charge is 0.378 e. The van der Waals surface area contributed by atoms with Gasteiger partial charge in [-0.05, 0) is 37.5 Å². The van der Waals surface area contributed by atoms with E-state index < -0.39 is 0 Å². The second kappa shape index (κ2) is 7.60. The summed E-state index contributed by atoms with van der Waals surface area (Å²) in [6.45, 7) is 4.23. The molecule has 1 N–H and O–H groups in total. The van der Waals surface area contributed by atoms with Crippen molar-refractivity contribution in [3.05, 3.63) is 56.8 Å². The lowest BCUT2D eigenvalue weighted by atomic mass is 9.75. The van der Waals surface area contributed by atoms with Gasteiger partial charge in [0, 0.05) is 52.4 Å². The molecule has 1 aromatic rings. The number of benzene rings is 1. The van der Waals surface area contributed by atoms with E-state index in [0.717, 1.165) is 39.8 Å². The maximum atomic E-state index is 13.4. The van der Waals surface area contributed by atoms with E-state index in [9.17, 15) is 9.59 Å². The molecule has 2 heterocycles. The number of carbonyl (C=O) groups excluding carboxylic acids is 2. The second-order valence-corrected chi connectivity index (χ2v) is 8.14. The summed E-state index contributed by atoms with van der Waals surface area (Å²) in [5.74, 6) is -0.157. The fraction of sp³-hybridized carbons (Fsp3) is 0.429. The molecule has 0 radical (unpaired) electrons. The number of ketones is 1. The molecule has 0 bridgehead atoms. The fourth-order valence-electron chi connectivity index (χ4n) is 4.19. The van der Waals surface area contributed by atoms with Gasteiger partial charge in [-0.1, -0.05) is 28.1 Å². The van der Waals surface area contributed by atoms with Crippen LogP contribution < -0.4 is 5.32 Å². The Labute approximate surface area is 167 Å². The smallest absolute Gasteiger partial charge is 0.252 e. The number of halogens is 1. The van der Waals surface area contributed by atoms with E-state index >= 15 is 0 Å². The maximum absolute atomic E-state index is 13.4. The van der Waals surface area contributed by atoms with Crippen LogP contribution in [0.2, 0.25) is 0 Å². The molecule has 0 aromatic heterocycles. The lowest BCUT2D eigenvalue weighted by Crippen LogP contribution is -2.44. The summed E-state index contributed by atoms with van der Waals surface area (Å²) in [4.78, 5) is 28.1. The molecule has 6 heteroatoms. The Bertz CT molecular complexity index is 835. The van der Waals surface area contributed by atoms with Crippen molar-refractivity contribution in [1.29, 1.82) is 0 Å². The Morgan fingerprint density at radius 3 is 2.59 bits per heavy atom. The molecule has 5 nitrogen and oxygen atoms in total. The molecular weight excluding hydrogens is 408 g/mol. The van der Waals surface area contributed by atoms with E-state index in [-0.39, 0.29) is 17.6 Å². The van der Waals surface area contributed by atoms with Gasteiger partial charge in [0.15, 0.2) is 5.78 Å². The van der Waals surface area contributed by atoms with E-state index in [1.54, 1.807) is 0 Å². The Kier molecular flexibility index (Phi) is 5.19. The molecule has 0 saturated carbocycles. The Balaban J connectivity index is 1.80. The molecule has 1 amide bonds. The van der Waals surface area contributed by atoms with Gasteiger partial charge in [0.2, 0.25) is 0 Å². The van der Waals surface area contributed by atoms with Gasteiger partial charge in [0.1, 0.15) is 0 Å². The number of Topliss-reactive ketones (excluding diaryl/α,β-unsaturated/α-hetero) is 1. The zero-order valence-corrected chi connectivity index (χ0v) is 17.0. The molecular formula is C21H23BrN2O3. The molecule has 1 aliphatic carbocycles. The number of hydrogen-bond acceptors (Lipinski definition) is 4. The third-order valence-electron chi connectivity index (χ3n) is 5.51. The number of morpholine rings is 1. The highest BCUT2D eigenvalue weighted by Gasteiger charge is 2.39. The Hall–Kier alpha value is -1.92. The predicted molar refractivity (Wildman–Crippen MR) is 106 cm³/mol. The Morgan fingerprint density at radius 1 is 1.19 bits per heavy atom. The summed E-state index contributed by atoms with van der Waals surface area (Å²) in [7, 11) is 0. The fourth-order valence-corrected chi connectivity index (χ4v) is 4.46. The predicted octanol–water partition coefficient (Wildman–Crippen LogP) is 3.28. The van der Waals surface area contributed by atoms with E-state index in [1.165, 1.54) is 0 Å². The highest BCUT2D eigenvalue weighted by Crippen LogP contribution is 2.42. The molecule has 1 saturated heterocycles. The van der Waals surface area contributed by atoms with Gasteiger partial charge in [0.05, 0.1) is 13.2 Å². The first-order chi connectivity index (χ1) is 13.1. The average molecular weight is 431 g/mol. The first-order valence-corrected chi connectivity index (χ1v) is 10.2. The lowest BCUT2D eigenvalue weighted by Gasteiger charge is -2.37. The van der Waals surface area contributed by atoms with E-state index in [4.69, 9.17) is 4.74 Å². The number of amides is 1. The van der Waals surface area contributed by atoms with Gasteiger partial charge in [-0.25, -0.2) is 0 Å². The van der Waals surface area contributed by atoms with Gasteiger partial charge < -0.3 is 15.0 Å². The summed E-state index contributed by atoms with van der Waals surface area (Å²) < 4.78 is 6.38. The third kappa shape index (κ3) is 3.48. The van der Waals surface area contributed by atoms with Crippen molar-refractivity contribution >= 4 is 27.6 Å². The van der Waals surface area contributed by atoms with E-state index in [2.05, 4.69) is 21.2 Å². The number of carbonyl (C=O) groups is 2.